The first kappa shape index (κ1) is 11.6. The first-order chi connectivity index (χ1) is 7.59. The zero-order valence-electron chi connectivity index (χ0n) is 8.93. The number of methoxy groups -OCH3 is 1. The Kier molecular flexibility index (Phi) is 3.00. The summed E-state index contributed by atoms with van der Waals surface area (Å²) in [5.74, 6) is -0.865. The lowest BCUT2D eigenvalue weighted by molar-refractivity contribution is -0.0450. The summed E-state index contributed by atoms with van der Waals surface area (Å²) < 4.78 is 18.8. The van der Waals surface area contributed by atoms with Gasteiger partial charge in [-0.15, -0.1) is 0 Å². The van der Waals surface area contributed by atoms with E-state index in [1.165, 1.54) is 19.2 Å². The molecule has 0 aliphatic heterocycles. The van der Waals surface area contributed by atoms with E-state index in [2.05, 4.69) is 0 Å². The van der Waals surface area contributed by atoms with Crippen molar-refractivity contribution in [2.45, 2.75) is 24.9 Å². The van der Waals surface area contributed by atoms with Crippen molar-refractivity contribution in [1.82, 2.24) is 0 Å². The molecule has 1 aliphatic carbocycles. The molecule has 0 atom stereocenters. The van der Waals surface area contributed by atoms with Crippen LogP contribution in [0.25, 0.3) is 0 Å². The fraction of sp³-hybridized carbons (Fsp3) is 0.417. The Morgan fingerprint density at radius 3 is 2.62 bits per heavy atom. The molecule has 0 heterocycles. The van der Waals surface area contributed by atoms with Gasteiger partial charge in [0.15, 0.2) is 5.78 Å². The second-order valence-corrected chi connectivity index (χ2v) is 4.44. The van der Waals surface area contributed by atoms with E-state index in [1.54, 1.807) is 0 Å². The zero-order chi connectivity index (χ0) is 11.8. The van der Waals surface area contributed by atoms with Crippen LogP contribution in [0, 0.1) is 5.82 Å². The molecule has 4 heteroatoms. The van der Waals surface area contributed by atoms with Crippen LogP contribution >= 0.6 is 11.6 Å². The summed E-state index contributed by atoms with van der Waals surface area (Å²) in [6.45, 7) is 0. The van der Waals surface area contributed by atoms with Crippen LogP contribution in [-0.2, 0) is 4.74 Å². The van der Waals surface area contributed by atoms with Crippen LogP contribution in [-0.4, -0.2) is 18.5 Å². The molecule has 0 aromatic heterocycles. The summed E-state index contributed by atoms with van der Waals surface area (Å²) >= 11 is 5.64. The smallest absolute Gasteiger partial charge is 0.197 e. The fourth-order valence-electron chi connectivity index (χ4n) is 1.94. The molecule has 0 radical (unpaired) electrons. The monoisotopic (exact) mass is 242 g/mol. The van der Waals surface area contributed by atoms with Crippen LogP contribution in [0.3, 0.4) is 0 Å². The first-order valence-corrected chi connectivity index (χ1v) is 5.52. The maximum absolute atomic E-state index is 13.6. The highest BCUT2D eigenvalue weighted by molar-refractivity contribution is 6.30. The molecule has 2 nitrogen and oxygen atoms in total. The summed E-state index contributed by atoms with van der Waals surface area (Å²) in [5, 5.41) is 0.286. The average molecular weight is 243 g/mol. The van der Waals surface area contributed by atoms with Crippen molar-refractivity contribution in [1.29, 1.82) is 0 Å². The minimum absolute atomic E-state index is 0.0611. The minimum Gasteiger partial charge on any atom is -0.370 e. The summed E-state index contributed by atoms with van der Waals surface area (Å²) in [6.07, 6.45) is 2.25. The van der Waals surface area contributed by atoms with Gasteiger partial charge in [0.05, 0.1) is 5.56 Å². The van der Waals surface area contributed by atoms with Crippen LogP contribution in [0.15, 0.2) is 18.2 Å². The topological polar surface area (TPSA) is 26.3 Å². The lowest BCUT2D eigenvalue weighted by Gasteiger charge is -2.38. The Balaban J connectivity index is 2.33. The number of carbonyl (C=O) groups excluding carboxylic acids is 1. The number of ketones is 1. The molecule has 1 aromatic carbocycles. The van der Waals surface area contributed by atoms with Gasteiger partial charge in [-0.1, -0.05) is 11.6 Å². The summed E-state index contributed by atoms with van der Waals surface area (Å²) in [7, 11) is 1.49. The molecule has 0 unspecified atom stereocenters. The van der Waals surface area contributed by atoms with E-state index < -0.39 is 11.4 Å². The van der Waals surface area contributed by atoms with Gasteiger partial charge in [0.2, 0.25) is 0 Å². The molecule has 1 fully saturated rings. The van der Waals surface area contributed by atoms with E-state index in [1.807, 2.05) is 0 Å². The molecule has 0 bridgehead atoms. The Hall–Kier alpha value is -0.930. The van der Waals surface area contributed by atoms with E-state index in [9.17, 15) is 9.18 Å². The second kappa shape index (κ2) is 4.15. The number of hydrogen-bond acceptors (Lipinski definition) is 2. The first-order valence-electron chi connectivity index (χ1n) is 5.14. The second-order valence-electron chi connectivity index (χ2n) is 4.01. The van der Waals surface area contributed by atoms with E-state index in [0.29, 0.717) is 12.8 Å². The number of carbonyl (C=O) groups is 1. The van der Waals surface area contributed by atoms with Crippen molar-refractivity contribution >= 4 is 17.4 Å². The van der Waals surface area contributed by atoms with Crippen molar-refractivity contribution in [2.75, 3.05) is 7.11 Å². The van der Waals surface area contributed by atoms with Crippen molar-refractivity contribution in [3.8, 4) is 0 Å². The normalized spacial score (nSPS) is 17.9. The highest BCUT2D eigenvalue weighted by Crippen LogP contribution is 2.38. The maximum atomic E-state index is 13.6. The van der Waals surface area contributed by atoms with Gasteiger partial charge < -0.3 is 4.74 Å². The largest absolute Gasteiger partial charge is 0.370 e. The average Bonchev–Trinajstić information content (AvgIpc) is 2.16. The molecule has 2 rings (SSSR count). The molecular formula is C12H12ClFO2. The third-order valence-corrected chi connectivity index (χ3v) is 3.38. The van der Waals surface area contributed by atoms with E-state index in [-0.39, 0.29) is 16.4 Å². The number of rotatable bonds is 3. The number of halogens is 2. The van der Waals surface area contributed by atoms with Gasteiger partial charge in [0, 0.05) is 12.1 Å². The Morgan fingerprint density at radius 2 is 2.19 bits per heavy atom. The minimum atomic E-state index is -0.811. The SMILES string of the molecule is COC1(C(=O)c2ccc(Cl)cc2F)CCC1. The lowest BCUT2D eigenvalue weighted by Crippen LogP contribution is -2.47. The maximum Gasteiger partial charge on any atom is 0.197 e. The van der Waals surface area contributed by atoms with E-state index in [4.69, 9.17) is 16.3 Å². The van der Waals surface area contributed by atoms with Gasteiger partial charge >= 0.3 is 0 Å². The molecule has 1 aliphatic rings. The van der Waals surface area contributed by atoms with Crippen LogP contribution in [0.4, 0.5) is 4.39 Å². The molecular weight excluding hydrogens is 231 g/mol. The van der Waals surface area contributed by atoms with Gasteiger partial charge in [-0.05, 0) is 37.5 Å². The van der Waals surface area contributed by atoms with Crippen LogP contribution in [0.1, 0.15) is 29.6 Å². The Morgan fingerprint density at radius 1 is 1.50 bits per heavy atom. The summed E-state index contributed by atoms with van der Waals surface area (Å²) in [6, 6.07) is 4.08. The number of hydrogen-bond donors (Lipinski definition) is 0. The molecule has 1 saturated carbocycles. The van der Waals surface area contributed by atoms with Gasteiger partial charge in [0.1, 0.15) is 11.4 Å². The Labute approximate surface area is 98.4 Å². The molecule has 0 saturated heterocycles. The predicted molar refractivity (Wildman–Crippen MR) is 59.3 cm³/mol. The third-order valence-electron chi connectivity index (χ3n) is 3.14. The van der Waals surface area contributed by atoms with Crippen molar-refractivity contribution in [3.05, 3.63) is 34.6 Å². The summed E-state index contributed by atoms with van der Waals surface area (Å²) in [4.78, 5) is 12.1. The molecule has 0 N–H and O–H groups in total. The fourth-order valence-corrected chi connectivity index (χ4v) is 2.10. The highest BCUT2D eigenvalue weighted by atomic mass is 35.5. The quantitative estimate of drug-likeness (QED) is 0.761. The molecule has 86 valence electrons. The van der Waals surface area contributed by atoms with Crippen molar-refractivity contribution < 1.29 is 13.9 Å². The summed E-state index contributed by atoms with van der Waals surface area (Å²) in [5.41, 5.74) is -0.750. The number of benzene rings is 1. The predicted octanol–water partition coefficient (Wildman–Crippen LogP) is 3.23. The van der Waals surface area contributed by atoms with Crippen molar-refractivity contribution in [2.24, 2.45) is 0 Å². The van der Waals surface area contributed by atoms with Gasteiger partial charge in [0.25, 0.3) is 0 Å². The number of Topliss-reactive ketones (excluding diaryl/α,β-unsaturated/α-hetero) is 1. The third kappa shape index (κ3) is 1.74. The Bertz CT molecular complexity index is 422. The standard InChI is InChI=1S/C12H12ClFO2/c1-16-12(5-2-6-12)11(15)9-4-3-8(13)7-10(9)14/h3-4,7H,2,5-6H2,1H3. The van der Waals surface area contributed by atoms with Crippen LogP contribution < -0.4 is 0 Å². The lowest BCUT2D eigenvalue weighted by atomic mass is 9.74. The van der Waals surface area contributed by atoms with Crippen LogP contribution in [0.2, 0.25) is 5.02 Å². The van der Waals surface area contributed by atoms with Gasteiger partial charge in [-0.2, -0.15) is 0 Å². The van der Waals surface area contributed by atoms with Gasteiger partial charge in [-0.25, -0.2) is 4.39 Å². The molecule has 0 amide bonds. The van der Waals surface area contributed by atoms with Crippen molar-refractivity contribution in [3.63, 3.8) is 0 Å². The highest BCUT2D eigenvalue weighted by Gasteiger charge is 2.45. The molecule has 16 heavy (non-hydrogen) atoms. The molecule has 1 aromatic rings. The number of ether oxygens (including phenoxy) is 1. The van der Waals surface area contributed by atoms with E-state index in [0.717, 1.165) is 12.5 Å². The van der Waals surface area contributed by atoms with E-state index >= 15 is 0 Å². The zero-order valence-corrected chi connectivity index (χ0v) is 9.68. The van der Waals surface area contributed by atoms with Gasteiger partial charge in [-0.3, -0.25) is 4.79 Å². The molecule has 0 spiro atoms. The van der Waals surface area contributed by atoms with Crippen LogP contribution in [0.5, 0.6) is 0 Å².